The van der Waals surface area contributed by atoms with Crippen molar-refractivity contribution >= 4 is 24.6 Å². The molecule has 4 aromatic rings. The van der Waals surface area contributed by atoms with Crippen LogP contribution in [0.5, 0.6) is 5.75 Å². The van der Waals surface area contributed by atoms with E-state index in [1.807, 2.05) is 6.07 Å². The number of allylic oxidation sites excluding steroid dienone is 1. The van der Waals surface area contributed by atoms with Crippen molar-refractivity contribution in [1.82, 2.24) is 19.5 Å². The first-order chi connectivity index (χ1) is 19.9. The molecule has 216 valence electrons. The third kappa shape index (κ3) is 4.80. The van der Waals surface area contributed by atoms with E-state index in [9.17, 15) is 28.4 Å². The Morgan fingerprint density at radius 3 is 2.64 bits per heavy atom. The van der Waals surface area contributed by atoms with Crippen LogP contribution in [-0.4, -0.2) is 35.9 Å². The molecule has 0 spiro atoms. The summed E-state index contributed by atoms with van der Waals surface area (Å²) in [5.74, 6) is -0.143. The highest BCUT2D eigenvalue weighted by Crippen LogP contribution is 2.52. The zero-order valence-electron chi connectivity index (χ0n) is 21.9. The molecule has 0 radical (unpaired) electrons. The highest BCUT2D eigenvalue weighted by atomic mass is 31.2. The van der Waals surface area contributed by atoms with Crippen molar-refractivity contribution in [2.45, 2.75) is 44.6 Å². The first-order valence-electron chi connectivity index (χ1n) is 12.5. The predicted octanol–water partition coefficient (Wildman–Crippen LogP) is 5.51. The minimum absolute atomic E-state index is 0.0344. The number of nitriles is 1. The molecule has 2 aliphatic heterocycles. The molecule has 2 aromatic heterocycles. The second-order valence-electron chi connectivity index (χ2n) is 10.1. The maximum Gasteiger partial charge on any atom is 0.470 e. The van der Waals surface area contributed by atoms with Gasteiger partial charge in [-0.3, -0.25) is 4.52 Å². The van der Waals surface area contributed by atoms with Gasteiger partial charge >= 0.3 is 14.4 Å². The number of nitrogens with zero attached hydrogens (tertiary/aromatic N) is 5. The fourth-order valence-corrected chi connectivity index (χ4v) is 6.15. The van der Waals surface area contributed by atoms with E-state index in [0.717, 1.165) is 0 Å². The van der Waals surface area contributed by atoms with Crippen LogP contribution < -0.4 is 4.74 Å². The van der Waals surface area contributed by atoms with Crippen molar-refractivity contribution < 1.29 is 41.5 Å². The maximum absolute atomic E-state index is 15.4. The van der Waals surface area contributed by atoms with Gasteiger partial charge in [-0.15, -0.1) is 0 Å². The van der Waals surface area contributed by atoms with Gasteiger partial charge in [0.2, 0.25) is 0 Å². The Morgan fingerprint density at radius 1 is 1.24 bits per heavy atom. The summed E-state index contributed by atoms with van der Waals surface area (Å²) in [6.07, 6.45) is 3.43. The first kappa shape index (κ1) is 27.9. The number of benzene rings is 2. The summed E-state index contributed by atoms with van der Waals surface area (Å²) >= 11 is 0. The maximum atomic E-state index is 15.4. The molecule has 0 saturated carbocycles. The van der Waals surface area contributed by atoms with Crippen LogP contribution in [0.1, 0.15) is 55.2 Å². The molecule has 2 atom stereocenters. The van der Waals surface area contributed by atoms with Crippen molar-refractivity contribution in [3.8, 4) is 22.9 Å². The van der Waals surface area contributed by atoms with E-state index < -0.39 is 38.0 Å². The molecule has 0 fully saturated rings. The van der Waals surface area contributed by atoms with E-state index >= 15 is 4.39 Å². The minimum atomic E-state index is -4.84. The second-order valence-corrected chi connectivity index (χ2v) is 11.3. The summed E-state index contributed by atoms with van der Waals surface area (Å²) in [4.78, 5) is 31.3. The Labute approximate surface area is 236 Å². The molecular formula is C27H21F3N5O6P. The fourth-order valence-electron chi connectivity index (χ4n) is 5.48. The Morgan fingerprint density at radius 2 is 1.98 bits per heavy atom. The zero-order chi connectivity index (χ0) is 30.0. The number of phosphoric ester groups is 1. The first-order valence-corrected chi connectivity index (χ1v) is 14.0. The zero-order valence-corrected chi connectivity index (χ0v) is 22.8. The van der Waals surface area contributed by atoms with Gasteiger partial charge in [0, 0.05) is 47.1 Å². The van der Waals surface area contributed by atoms with Gasteiger partial charge in [-0.05, 0) is 26.0 Å². The lowest BCUT2D eigenvalue weighted by Gasteiger charge is -2.23. The normalized spacial score (nSPS) is 18.9. The van der Waals surface area contributed by atoms with Crippen LogP contribution in [0.2, 0.25) is 0 Å². The molecular weight excluding hydrogens is 578 g/mol. The van der Waals surface area contributed by atoms with Gasteiger partial charge in [0.05, 0.1) is 29.2 Å². The van der Waals surface area contributed by atoms with Crippen molar-refractivity contribution in [1.29, 1.82) is 5.26 Å². The van der Waals surface area contributed by atoms with Crippen molar-refractivity contribution in [2.75, 3.05) is 0 Å². The van der Waals surface area contributed by atoms with Gasteiger partial charge in [0.1, 0.15) is 22.9 Å². The lowest BCUT2D eigenvalue weighted by Crippen LogP contribution is -2.23. The molecule has 2 aromatic carbocycles. The van der Waals surface area contributed by atoms with Crippen LogP contribution >= 0.6 is 7.82 Å². The molecule has 0 aliphatic carbocycles. The van der Waals surface area contributed by atoms with Gasteiger partial charge in [-0.2, -0.15) is 14.0 Å². The lowest BCUT2D eigenvalue weighted by atomic mass is 9.96. The number of phosphoric acid groups is 1. The number of hydrogen-bond acceptors (Lipinski definition) is 8. The SMILES string of the molecule is CC(C)(OP(=O)(O)O)c1ncc(-c2cc3c(cc2F)nc2n3[C@@H]3C[C@@H]2OC(=CC#N)c2cccc(OC(F)F)c23)cn1. The Bertz CT molecular complexity index is 1850. The Kier molecular flexibility index (Phi) is 6.58. The van der Waals surface area contributed by atoms with Gasteiger partial charge in [0.15, 0.2) is 17.8 Å². The summed E-state index contributed by atoms with van der Waals surface area (Å²) in [5.41, 5.74) is 0.403. The van der Waals surface area contributed by atoms with Gasteiger partial charge in [-0.1, -0.05) is 12.1 Å². The van der Waals surface area contributed by atoms with Crippen LogP contribution in [0.3, 0.4) is 0 Å². The fraction of sp³-hybridized carbons (Fsp3) is 0.259. The highest BCUT2D eigenvalue weighted by Gasteiger charge is 2.43. The van der Waals surface area contributed by atoms with E-state index in [1.54, 1.807) is 10.6 Å². The van der Waals surface area contributed by atoms with Crippen molar-refractivity contribution in [2.24, 2.45) is 0 Å². The standard InChI is InChI=1S/C27H21F3N5O6P/c1-27(2,41-42(36,37)38)25-32-11-13(12-33-25)15-8-18-17(9-16(15)28)34-24-22-10-19(35(18)24)23-14(20(39-22)6-7-31)4-3-5-21(23)40-26(29)30/h3-6,8-9,11-12,19,22,26H,10H2,1-2H3,(H2,36,37,38)/t19-,22+/m1/s1. The predicted molar refractivity (Wildman–Crippen MR) is 140 cm³/mol. The number of aromatic nitrogens is 4. The van der Waals surface area contributed by atoms with Crippen LogP contribution in [0, 0.1) is 17.1 Å². The number of fused-ring (bicyclic) bond motifs is 9. The van der Waals surface area contributed by atoms with Crippen molar-refractivity contribution in [3.63, 3.8) is 0 Å². The van der Waals surface area contributed by atoms with Crippen LogP contribution in [0.15, 0.2) is 48.8 Å². The van der Waals surface area contributed by atoms with Crippen LogP contribution in [-0.2, 0) is 19.4 Å². The molecule has 0 saturated heterocycles. The molecule has 0 amide bonds. The highest BCUT2D eigenvalue weighted by molar-refractivity contribution is 7.46. The number of rotatable bonds is 6. The summed E-state index contributed by atoms with van der Waals surface area (Å²) < 4.78 is 71.1. The molecule has 2 aliphatic rings. The number of imidazole rings is 1. The number of halogens is 3. The van der Waals surface area contributed by atoms with Crippen LogP contribution in [0.4, 0.5) is 13.2 Å². The van der Waals surface area contributed by atoms with Gasteiger partial charge in [0.25, 0.3) is 0 Å². The Balaban J connectivity index is 1.48. The second kappa shape index (κ2) is 9.92. The Hall–Kier alpha value is -4.28. The largest absolute Gasteiger partial charge is 0.481 e. The van der Waals surface area contributed by atoms with E-state index in [-0.39, 0.29) is 28.5 Å². The summed E-state index contributed by atoms with van der Waals surface area (Å²) in [5, 5.41) is 9.34. The molecule has 6 rings (SSSR count). The van der Waals surface area contributed by atoms with Crippen LogP contribution in [0.25, 0.3) is 27.9 Å². The lowest BCUT2D eigenvalue weighted by molar-refractivity contribution is -0.0507. The molecule has 42 heavy (non-hydrogen) atoms. The number of ether oxygens (including phenoxy) is 2. The molecule has 2 bridgehead atoms. The third-order valence-electron chi connectivity index (χ3n) is 7.04. The molecule has 15 heteroatoms. The molecule has 11 nitrogen and oxygen atoms in total. The number of hydrogen-bond donors (Lipinski definition) is 2. The summed E-state index contributed by atoms with van der Waals surface area (Å²) in [6.45, 7) is -0.332. The summed E-state index contributed by atoms with van der Waals surface area (Å²) in [7, 11) is -4.84. The molecule has 0 unspecified atom stereocenters. The average molecular weight is 599 g/mol. The molecule has 4 heterocycles. The van der Waals surface area contributed by atoms with Gasteiger partial charge < -0.3 is 23.8 Å². The molecule has 2 N–H and O–H groups in total. The smallest absolute Gasteiger partial charge is 0.470 e. The summed E-state index contributed by atoms with van der Waals surface area (Å²) in [6, 6.07) is 8.69. The topological polar surface area (TPSA) is 153 Å². The van der Waals surface area contributed by atoms with E-state index in [2.05, 4.69) is 15.0 Å². The third-order valence-corrected chi connectivity index (χ3v) is 7.73. The minimum Gasteiger partial charge on any atom is -0.481 e. The number of alkyl halides is 2. The average Bonchev–Trinajstić information content (AvgIpc) is 3.37. The van der Waals surface area contributed by atoms with E-state index in [0.29, 0.717) is 34.4 Å². The van der Waals surface area contributed by atoms with E-state index in [4.69, 9.17) is 14.0 Å². The monoisotopic (exact) mass is 599 g/mol. The van der Waals surface area contributed by atoms with Crippen molar-refractivity contribution in [3.05, 3.63) is 77.4 Å². The van der Waals surface area contributed by atoms with E-state index in [1.165, 1.54) is 56.6 Å². The quantitative estimate of drug-likeness (QED) is 0.214. The van der Waals surface area contributed by atoms with Gasteiger partial charge in [-0.25, -0.2) is 23.9 Å².